The number of benzene rings is 1. The minimum Gasteiger partial charge on any atom is -0.324 e. The number of unbranched alkanes of at least 4 members (excludes halogenated alkanes) is 1. The van der Waals surface area contributed by atoms with Gasteiger partial charge in [-0.1, -0.05) is 18.2 Å². The fraction of sp³-hybridized carbons (Fsp3) is 0.385. The van der Waals surface area contributed by atoms with Crippen molar-refractivity contribution < 1.29 is 4.39 Å². The van der Waals surface area contributed by atoms with Gasteiger partial charge in [0, 0.05) is 6.04 Å². The van der Waals surface area contributed by atoms with Crippen LogP contribution in [0.2, 0.25) is 0 Å². The molecule has 0 aliphatic heterocycles. The summed E-state index contributed by atoms with van der Waals surface area (Å²) in [6.45, 7) is 5.42. The van der Waals surface area contributed by atoms with Gasteiger partial charge in [0.05, 0.1) is 0 Å². The van der Waals surface area contributed by atoms with Crippen LogP contribution in [0.3, 0.4) is 0 Å². The average molecular weight is 207 g/mol. The van der Waals surface area contributed by atoms with E-state index in [4.69, 9.17) is 5.73 Å². The number of hydrogen-bond donors (Lipinski definition) is 1. The summed E-state index contributed by atoms with van der Waals surface area (Å²) in [5.41, 5.74) is 7.67. The maximum absolute atomic E-state index is 13.0. The lowest BCUT2D eigenvalue weighted by Gasteiger charge is -2.12. The highest BCUT2D eigenvalue weighted by Gasteiger charge is 2.06. The van der Waals surface area contributed by atoms with Crippen molar-refractivity contribution in [1.82, 2.24) is 0 Å². The lowest BCUT2D eigenvalue weighted by molar-refractivity contribution is 0.601. The molecule has 0 aromatic heterocycles. The molecule has 0 aliphatic rings. The fourth-order valence-electron chi connectivity index (χ4n) is 1.55. The zero-order valence-electron chi connectivity index (χ0n) is 9.17. The van der Waals surface area contributed by atoms with E-state index >= 15 is 0 Å². The Morgan fingerprint density at radius 2 is 2.27 bits per heavy atom. The van der Waals surface area contributed by atoms with Crippen LogP contribution < -0.4 is 5.73 Å². The smallest absolute Gasteiger partial charge is 0.126 e. The Balaban J connectivity index is 2.61. The Kier molecular flexibility index (Phi) is 4.50. The molecule has 0 radical (unpaired) electrons. The lowest BCUT2D eigenvalue weighted by Crippen LogP contribution is -2.10. The zero-order chi connectivity index (χ0) is 11.3. The summed E-state index contributed by atoms with van der Waals surface area (Å²) in [4.78, 5) is 0. The van der Waals surface area contributed by atoms with Gasteiger partial charge in [-0.05, 0) is 43.4 Å². The SMILES string of the molecule is C=CCCCC(N)c1ccc(F)c(C)c1. The van der Waals surface area contributed by atoms with Crippen LogP contribution in [0.1, 0.15) is 36.4 Å². The van der Waals surface area contributed by atoms with E-state index in [0.717, 1.165) is 24.8 Å². The van der Waals surface area contributed by atoms with Gasteiger partial charge >= 0.3 is 0 Å². The van der Waals surface area contributed by atoms with E-state index in [0.29, 0.717) is 5.56 Å². The second kappa shape index (κ2) is 5.66. The van der Waals surface area contributed by atoms with Crippen LogP contribution in [0.25, 0.3) is 0 Å². The molecule has 2 heteroatoms. The van der Waals surface area contributed by atoms with Crippen LogP contribution in [0.4, 0.5) is 4.39 Å². The topological polar surface area (TPSA) is 26.0 Å². The molecule has 0 heterocycles. The first-order chi connectivity index (χ1) is 7.15. The molecular weight excluding hydrogens is 189 g/mol. The summed E-state index contributed by atoms with van der Waals surface area (Å²) in [6.07, 6.45) is 4.81. The monoisotopic (exact) mass is 207 g/mol. The third-order valence-electron chi connectivity index (χ3n) is 2.53. The Morgan fingerprint density at radius 1 is 1.53 bits per heavy atom. The van der Waals surface area contributed by atoms with Crippen LogP contribution in [-0.4, -0.2) is 0 Å². The van der Waals surface area contributed by atoms with Gasteiger partial charge in [-0.25, -0.2) is 4.39 Å². The Hall–Kier alpha value is -1.15. The Bertz CT molecular complexity index is 333. The van der Waals surface area contributed by atoms with Crippen LogP contribution in [0.5, 0.6) is 0 Å². The van der Waals surface area contributed by atoms with Gasteiger partial charge in [0.15, 0.2) is 0 Å². The van der Waals surface area contributed by atoms with Gasteiger partial charge in [-0.2, -0.15) is 0 Å². The summed E-state index contributed by atoms with van der Waals surface area (Å²) in [5.74, 6) is -0.169. The van der Waals surface area contributed by atoms with Crippen molar-refractivity contribution in [3.63, 3.8) is 0 Å². The molecule has 2 N–H and O–H groups in total. The standard InChI is InChI=1S/C13H18FN/c1-3-4-5-6-13(15)11-7-8-12(14)10(2)9-11/h3,7-9,13H,1,4-6,15H2,2H3. The second-order valence-electron chi connectivity index (χ2n) is 3.83. The third-order valence-corrected chi connectivity index (χ3v) is 2.53. The molecule has 1 unspecified atom stereocenters. The normalized spacial score (nSPS) is 12.5. The van der Waals surface area contributed by atoms with E-state index in [1.54, 1.807) is 13.0 Å². The van der Waals surface area contributed by atoms with Crippen LogP contribution in [-0.2, 0) is 0 Å². The molecule has 1 atom stereocenters. The first-order valence-corrected chi connectivity index (χ1v) is 5.27. The first kappa shape index (κ1) is 11.9. The molecule has 82 valence electrons. The molecule has 15 heavy (non-hydrogen) atoms. The highest BCUT2D eigenvalue weighted by Crippen LogP contribution is 2.19. The zero-order valence-corrected chi connectivity index (χ0v) is 9.17. The molecular formula is C13H18FN. The van der Waals surface area contributed by atoms with Gasteiger partial charge in [0.2, 0.25) is 0 Å². The molecule has 1 nitrogen and oxygen atoms in total. The van der Waals surface area contributed by atoms with E-state index in [1.807, 2.05) is 12.1 Å². The number of nitrogens with two attached hydrogens (primary N) is 1. The van der Waals surface area contributed by atoms with Gasteiger partial charge in [-0.15, -0.1) is 6.58 Å². The molecule has 0 aliphatic carbocycles. The highest BCUT2D eigenvalue weighted by molar-refractivity contribution is 5.26. The predicted molar refractivity (Wildman–Crippen MR) is 62.1 cm³/mol. The number of hydrogen-bond acceptors (Lipinski definition) is 1. The summed E-state index contributed by atoms with van der Waals surface area (Å²) in [5, 5.41) is 0. The molecule has 0 spiro atoms. The van der Waals surface area contributed by atoms with Crippen molar-refractivity contribution in [3.8, 4) is 0 Å². The minimum atomic E-state index is -0.169. The molecule has 1 aromatic carbocycles. The minimum absolute atomic E-state index is 0.00394. The fourth-order valence-corrected chi connectivity index (χ4v) is 1.55. The van der Waals surface area contributed by atoms with Crippen molar-refractivity contribution in [2.75, 3.05) is 0 Å². The first-order valence-electron chi connectivity index (χ1n) is 5.27. The largest absolute Gasteiger partial charge is 0.324 e. The van der Waals surface area contributed by atoms with Crippen LogP contribution >= 0.6 is 0 Å². The average Bonchev–Trinajstić information content (AvgIpc) is 2.22. The molecule has 0 saturated heterocycles. The third kappa shape index (κ3) is 3.48. The summed E-state index contributed by atoms with van der Waals surface area (Å²) < 4.78 is 13.0. The quantitative estimate of drug-likeness (QED) is 0.580. The molecule has 0 saturated carbocycles. The molecule has 0 amide bonds. The summed E-state index contributed by atoms with van der Waals surface area (Å²) in [7, 11) is 0. The van der Waals surface area contributed by atoms with Gasteiger partial charge in [-0.3, -0.25) is 0 Å². The molecule has 0 bridgehead atoms. The highest BCUT2D eigenvalue weighted by atomic mass is 19.1. The van der Waals surface area contributed by atoms with Crippen molar-refractivity contribution in [2.45, 2.75) is 32.2 Å². The summed E-state index contributed by atoms with van der Waals surface area (Å²) in [6, 6.07) is 5.08. The molecule has 1 rings (SSSR count). The second-order valence-corrected chi connectivity index (χ2v) is 3.83. The van der Waals surface area contributed by atoms with Crippen molar-refractivity contribution in [3.05, 3.63) is 47.8 Å². The lowest BCUT2D eigenvalue weighted by atomic mass is 10.00. The van der Waals surface area contributed by atoms with Gasteiger partial charge in [0.25, 0.3) is 0 Å². The number of aryl methyl sites for hydroxylation is 1. The number of halogens is 1. The number of rotatable bonds is 5. The van der Waals surface area contributed by atoms with Crippen molar-refractivity contribution in [2.24, 2.45) is 5.73 Å². The number of allylic oxidation sites excluding steroid dienone is 1. The molecule has 0 fully saturated rings. The van der Waals surface area contributed by atoms with Crippen LogP contribution in [0, 0.1) is 12.7 Å². The van der Waals surface area contributed by atoms with E-state index < -0.39 is 0 Å². The van der Waals surface area contributed by atoms with E-state index in [1.165, 1.54) is 6.07 Å². The van der Waals surface area contributed by atoms with Gasteiger partial charge in [0.1, 0.15) is 5.82 Å². The molecule has 1 aromatic rings. The van der Waals surface area contributed by atoms with Gasteiger partial charge < -0.3 is 5.73 Å². The Morgan fingerprint density at radius 3 is 2.87 bits per heavy atom. The predicted octanol–water partition coefficient (Wildman–Crippen LogP) is 3.49. The van der Waals surface area contributed by atoms with Crippen molar-refractivity contribution >= 4 is 0 Å². The maximum atomic E-state index is 13.0. The van der Waals surface area contributed by atoms with E-state index in [2.05, 4.69) is 6.58 Å². The van der Waals surface area contributed by atoms with E-state index in [-0.39, 0.29) is 11.9 Å². The Labute approximate surface area is 90.8 Å². The van der Waals surface area contributed by atoms with E-state index in [9.17, 15) is 4.39 Å². The summed E-state index contributed by atoms with van der Waals surface area (Å²) >= 11 is 0. The van der Waals surface area contributed by atoms with Crippen LogP contribution in [0.15, 0.2) is 30.9 Å². The maximum Gasteiger partial charge on any atom is 0.126 e. The van der Waals surface area contributed by atoms with Crippen molar-refractivity contribution in [1.29, 1.82) is 0 Å².